The van der Waals surface area contributed by atoms with Crippen molar-refractivity contribution < 1.29 is 16.8 Å². The van der Waals surface area contributed by atoms with Crippen LogP contribution in [0.2, 0.25) is 0 Å². The van der Waals surface area contributed by atoms with Gasteiger partial charge in [-0.05, 0) is 6.07 Å². The first-order valence-corrected chi connectivity index (χ1v) is 7.03. The van der Waals surface area contributed by atoms with Crippen LogP contribution in [0.15, 0.2) is 33.6 Å². The molecule has 0 aromatic heterocycles. The van der Waals surface area contributed by atoms with E-state index in [9.17, 15) is 16.8 Å². The van der Waals surface area contributed by atoms with Gasteiger partial charge in [0.05, 0.1) is 4.90 Å². The Morgan fingerprint density at radius 1 is 1.00 bits per heavy atom. The number of nitrogens with zero attached hydrogens (tertiary/aromatic N) is 1. The van der Waals surface area contributed by atoms with Crippen molar-refractivity contribution in [2.45, 2.75) is 4.90 Å². The Labute approximate surface area is 80.5 Å². The molecule has 0 saturated heterocycles. The molecular weight excluding hydrogens is 226 g/mol. The minimum atomic E-state index is -4.43. The molecule has 14 heavy (non-hydrogen) atoms. The van der Waals surface area contributed by atoms with Gasteiger partial charge in [-0.2, -0.15) is 12.8 Å². The van der Waals surface area contributed by atoms with Gasteiger partial charge in [0.2, 0.25) is 0 Å². The van der Waals surface area contributed by atoms with Crippen LogP contribution in [0.4, 0.5) is 0 Å². The van der Waals surface area contributed by atoms with E-state index < -0.39 is 17.9 Å². The maximum Gasteiger partial charge on any atom is 0.363 e. The van der Waals surface area contributed by atoms with Gasteiger partial charge < -0.3 is 0 Å². The largest absolute Gasteiger partial charge is 0.363 e. The van der Waals surface area contributed by atoms with Gasteiger partial charge in [0.15, 0.2) is 0 Å². The van der Waals surface area contributed by atoms with Crippen LogP contribution in [-0.4, -0.2) is 23.1 Å². The third-order valence-electron chi connectivity index (χ3n) is 1.79. The van der Waals surface area contributed by atoms with Crippen LogP contribution in [0.25, 0.3) is 0 Å². The quantitative estimate of drug-likeness (QED) is 0.595. The Morgan fingerprint density at radius 2 is 1.64 bits per heavy atom. The van der Waals surface area contributed by atoms with Crippen LogP contribution in [-0.2, 0) is 17.9 Å². The molecular formula is C7H5NO4S2. The SMILES string of the molecule is O=S1(=O)N=Cc2ccccc2S1(=O)=O. The predicted octanol–water partition coefficient (Wildman–Crippen LogP) is 0.138. The van der Waals surface area contributed by atoms with Crippen molar-refractivity contribution in [3.63, 3.8) is 0 Å². The Hall–Kier alpha value is -1.21. The molecule has 7 heteroatoms. The monoisotopic (exact) mass is 231 g/mol. The topological polar surface area (TPSA) is 80.6 Å². The van der Waals surface area contributed by atoms with Gasteiger partial charge in [0, 0.05) is 11.8 Å². The zero-order valence-corrected chi connectivity index (χ0v) is 8.42. The van der Waals surface area contributed by atoms with Crippen LogP contribution in [0, 0.1) is 0 Å². The van der Waals surface area contributed by atoms with E-state index in [0.717, 1.165) is 6.21 Å². The van der Waals surface area contributed by atoms with Gasteiger partial charge >= 0.3 is 17.9 Å². The Kier molecular flexibility index (Phi) is 1.76. The van der Waals surface area contributed by atoms with Gasteiger partial charge in [-0.1, -0.05) is 18.2 Å². The highest BCUT2D eigenvalue weighted by Crippen LogP contribution is 2.25. The van der Waals surface area contributed by atoms with Crippen molar-refractivity contribution in [3.05, 3.63) is 29.8 Å². The first-order chi connectivity index (χ1) is 6.45. The Bertz CT molecular complexity index is 613. The molecule has 0 aliphatic carbocycles. The molecule has 0 amide bonds. The first-order valence-electron chi connectivity index (χ1n) is 3.59. The molecule has 2 rings (SSSR count). The maximum atomic E-state index is 11.4. The lowest BCUT2D eigenvalue weighted by molar-refractivity contribution is 0.583. The minimum absolute atomic E-state index is 0.213. The summed E-state index contributed by atoms with van der Waals surface area (Å²) in [5.41, 5.74) is 0.294. The molecule has 5 nitrogen and oxygen atoms in total. The van der Waals surface area contributed by atoms with E-state index in [1.807, 2.05) is 0 Å². The van der Waals surface area contributed by atoms with Crippen molar-refractivity contribution in [1.29, 1.82) is 0 Å². The summed E-state index contributed by atoms with van der Waals surface area (Å²) in [6, 6.07) is 5.81. The minimum Gasteiger partial charge on any atom is -0.205 e. The Morgan fingerprint density at radius 3 is 2.36 bits per heavy atom. The lowest BCUT2D eigenvalue weighted by Gasteiger charge is -2.09. The summed E-state index contributed by atoms with van der Waals surface area (Å²) in [4.78, 5) is -0.213. The third kappa shape index (κ3) is 1.09. The molecule has 1 aliphatic heterocycles. The van der Waals surface area contributed by atoms with Crippen LogP contribution in [0.1, 0.15) is 5.56 Å². The van der Waals surface area contributed by atoms with Crippen molar-refractivity contribution in [2.75, 3.05) is 0 Å². The highest BCUT2D eigenvalue weighted by atomic mass is 33.2. The zero-order chi connectivity index (χ0) is 10.4. The number of benzene rings is 1. The van der Waals surface area contributed by atoms with E-state index in [1.54, 1.807) is 6.07 Å². The normalized spacial score (nSPS) is 21.4. The fourth-order valence-corrected chi connectivity index (χ4v) is 3.95. The van der Waals surface area contributed by atoms with E-state index >= 15 is 0 Å². The lowest BCUT2D eigenvalue weighted by Crippen LogP contribution is -2.19. The van der Waals surface area contributed by atoms with E-state index in [2.05, 4.69) is 4.40 Å². The molecule has 0 saturated carbocycles. The van der Waals surface area contributed by atoms with Gasteiger partial charge in [-0.25, -0.2) is 8.42 Å². The highest BCUT2D eigenvalue weighted by Gasteiger charge is 2.35. The van der Waals surface area contributed by atoms with E-state index in [1.165, 1.54) is 18.2 Å². The number of fused-ring (bicyclic) bond motifs is 1. The standard InChI is InChI=1S/C7H5NO4S2/c9-13(10)7-4-2-1-3-6(7)5-8-14(13,11)12/h1-5H. The van der Waals surface area contributed by atoms with E-state index in [0.29, 0.717) is 5.56 Å². The highest BCUT2D eigenvalue weighted by molar-refractivity contribution is 8.66. The molecule has 0 N–H and O–H groups in total. The van der Waals surface area contributed by atoms with Gasteiger partial charge in [-0.3, -0.25) is 0 Å². The molecule has 1 aliphatic rings. The van der Waals surface area contributed by atoms with Crippen LogP contribution in [0.3, 0.4) is 0 Å². The second-order valence-electron chi connectivity index (χ2n) is 2.65. The van der Waals surface area contributed by atoms with Crippen molar-refractivity contribution >= 4 is 24.1 Å². The fraction of sp³-hybridized carbons (Fsp3) is 0. The molecule has 1 aromatic rings. The molecule has 0 atom stereocenters. The maximum absolute atomic E-state index is 11.4. The predicted molar refractivity (Wildman–Crippen MR) is 50.1 cm³/mol. The summed E-state index contributed by atoms with van der Waals surface area (Å²) in [6.45, 7) is 0. The fourth-order valence-electron chi connectivity index (χ4n) is 1.11. The summed E-state index contributed by atoms with van der Waals surface area (Å²) in [6.07, 6.45) is 1.03. The summed E-state index contributed by atoms with van der Waals surface area (Å²) in [5, 5.41) is 0. The summed E-state index contributed by atoms with van der Waals surface area (Å²) < 4.78 is 48.0. The Balaban J connectivity index is 2.94. The molecule has 0 fully saturated rings. The summed E-state index contributed by atoms with van der Waals surface area (Å²) in [7, 11) is -8.78. The van der Waals surface area contributed by atoms with Gasteiger partial charge in [0.25, 0.3) is 0 Å². The van der Waals surface area contributed by atoms with Crippen molar-refractivity contribution in [1.82, 2.24) is 0 Å². The van der Waals surface area contributed by atoms with Gasteiger partial charge in [-0.15, -0.1) is 0 Å². The number of rotatable bonds is 0. The number of hydrogen-bond donors (Lipinski definition) is 0. The molecule has 0 radical (unpaired) electrons. The van der Waals surface area contributed by atoms with Crippen LogP contribution >= 0.6 is 0 Å². The average molecular weight is 231 g/mol. The average Bonchev–Trinajstić information content (AvgIpc) is 2.13. The molecule has 1 heterocycles. The molecule has 1 aromatic carbocycles. The van der Waals surface area contributed by atoms with Crippen LogP contribution in [0.5, 0.6) is 0 Å². The molecule has 0 unspecified atom stereocenters. The smallest absolute Gasteiger partial charge is 0.205 e. The second-order valence-corrected chi connectivity index (χ2v) is 7.65. The second kappa shape index (κ2) is 2.64. The summed E-state index contributed by atoms with van der Waals surface area (Å²) >= 11 is 0. The number of hydrogen-bond acceptors (Lipinski definition) is 4. The first kappa shape index (κ1) is 9.35. The van der Waals surface area contributed by atoms with Crippen molar-refractivity contribution in [3.8, 4) is 0 Å². The molecule has 0 bridgehead atoms. The van der Waals surface area contributed by atoms with E-state index in [4.69, 9.17) is 0 Å². The molecule has 0 spiro atoms. The summed E-state index contributed by atoms with van der Waals surface area (Å²) in [5.74, 6) is 0. The van der Waals surface area contributed by atoms with Crippen LogP contribution < -0.4 is 0 Å². The van der Waals surface area contributed by atoms with Crippen molar-refractivity contribution in [2.24, 2.45) is 4.40 Å². The third-order valence-corrected chi connectivity index (χ3v) is 6.08. The zero-order valence-electron chi connectivity index (χ0n) is 6.78. The molecule has 74 valence electrons. The van der Waals surface area contributed by atoms with Gasteiger partial charge in [0.1, 0.15) is 0 Å². The lowest BCUT2D eigenvalue weighted by atomic mass is 10.2. The van der Waals surface area contributed by atoms with E-state index in [-0.39, 0.29) is 4.90 Å².